The molecule has 7 heavy (non-hydrogen) atoms. The first-order chi connectivity index (χ1) is 3.47. The van der Waals surface area contributed by atoms with E-state index in [0.717, 1.165) is 20.7 Å². The first-order valence-electron chi connectivity index (χ1n) is 2.27. The number of fused-ring (bicyclic) bond motifs is 1. The number of nitrogens with zero attached hydrogens (tertiary/aromatic N) is 1. The Labute approximate surface area is 49.4 Å². The van der Waals surface area contributed by atoms with Crippen LogP contribution in [0.4, 0.5) is 0 Å². The fraction of sp³-hybridized carbons (Fsp3) is 0. The topological polar surface area (TPSA) is 3.01 Å². The maximum atomic E-state index is 2.35. The van der Waals surface area contributed by atoms with Gasteiger partial charge in [-0.15, -0.1) is 0 Å². The van der Waals surface area contributed by atoms with Crippen molar-refractivity contribution in [1.29, 1.82) is 0 Å². The number of hydrogen-bond acceptors (Lipinski definition) is 1. The molecule has 0 bridgehead atoms. The molecule has 2 aliphatic heterocycles. The van der Waals surface area contributed by atoms with Gasteiger partial charge < -0.3 is 0 Å². The van der Waals surface area contributed by atoms with E-state index in [1.54, 1.807) is 0 Å². The van der Waals surface area contributed by atoms with E-state index in [4.69, 9.17) is 0 Å². The van der Waals surface area contributed by atoms with Crippen LogP contribution in [0.25, 0.3) is 0 Å². The predicted octanol–water partition coefficient (Wildman–Crippen LogP) is 0.0321. The molecule has 0 saturated carbocycles. The van der Waals surface area contributed by atoms with E-state index < -0.39 is 0 Å². The van der Waals surface area contributed by atoms with Crippen LogP contribution in [0.1, 0.15) is 0 Å². The number of allylic oxidation sites excluding steroid dienone is 2. The Balaban J connectivity index is 2.28. The molecule has 1 saturated heterocycles. The molecule has 34 valence electrons. The van der Waals surface area contributed by atoms with Gasteiger partial charge in [0.2, 0.25) is 0 Å². The molecule has 0 aromatic rings. The summed E-state index contributed by atoms with van der Waals surface area (Å²) in [6.07, 6.45) is 6.37. The molecule has 0 aromatic heterocycles. The molecule has 0 atom stereocenters. The summed E-state index contributed by atoms with van der Waals surface area (Å²) in [5.74, 6) is 2.25. The third kappa shape index (κ3) is 0.529. The van der Waals surface area contributed by atoms with Crippen LogP contribution in [0, 0.1) is 0 Å². The molecule has 0 N–H and O–H groups in total. The molecule has 0 radical (unpaired) electrons. The zero-order chi connectivity index (χ0) is 4.69. The fourth-order valence-corrected chi connectivity index (χ4v) is 1.97. The summed E-state index contributed by atoms with van der Waals surface area (Å²) in [5, 5.41) is 0. The summed E-state index contributed by atoms with van der Waals surface area (Å²) in [7, 11) is 0. The van der Waals surface area contributed by atoms with Crippen LogP contribution >= 0.6 is 0 Å². The van der Waals surface area contributed by atoms with Gasteiger partial charge in [0.25, 0.3) is 0 Å². The first kappa shape index (κ1) is 3.82. The summed E-state index contributed by atoms with van der Waals surface area (Å²) in [6, 6.07) is 0. The summed E-state index contributed by atoms with van der Waals surface area (Å²) in [4.78, 5) is 0. The molecule has 3 heteroatoms. The monoisotopic (exact) mass is 157 g/mol. The Kier molecular flexibility index (Phi) is 0.641. The Hall–Kier alpha value is -0.136. The van der Waals surface area contributed by atoms with E-state index >= 15 is 0 Å². The van der Waals surface area contributed by atoms with E-state index in [1.165, 1.54) is 0 Å². The minimum atomic E-state index is 0.781. The zero-order valence-electron chi connectivity index (χ0n) is 3.74. The van der Waals surface area contributed by atoms with Crippen molar-refractivity contribution in [2.24, 2.45) is 0 Å². The Morgan fingerprint density at radius 2 is 2.43 bits per heavy atom. The standard InChI is InChI=1S/C4H4BNSe/c1-2-4-6-5(3-1)7-6/h1-4H. The number of rotatable bonds is 0. The van der Waals surface area contributed by atoms with Crippen LogP contribution in [0.15, 0.2) is 24.3 Å². The van der Waals surface area contributed by atoms with Crippen LogP contribution in [0.3, 0.4) is 0 Å². The number of hydrogen-bond donors (Lipinski definition) is 0. The molecule has 0 spiro atoms. The second-order valence-corrected chi connectivity index (χ2v) is 3.92. The fourth-order valence-electron chi connectivity index (χ4n) is 0.631. The average molecular weight is 156 g/mol. The van der Waals surface area contributed by atoms with Crippen molar-refractivity contribution in [3.63, 3.8) is 0 Å². The predicted molar refractivity (Wildman–Crippen MR) is 31.6 cm³/mol. The van der Waals surface area contributed by atoms with Crippen molar-refractivity contribution in [2.75, 3.05) is 0 Å². The van der Waals surface area contributed by atoms with Gasteiger partial charge >= 0.3 is 48.8 Å². The van der Waals surface area contributed by atoms with Crippen molar-refractivity contribution in [1.82, 2.24) is 3.83 Å². The quantitative estimate of drug-likeness (QED) is 0.353. The van der Waals surface area contributed by atoms with Gasteiger partial charge in [-0.25, -0.2) is 0 Å². The van der Waals surface area contributed by atoms with Gasteiger partial charge in [0.1, 0.15) is 0 Å². The van der Waals surface area contributed by atoms with Crippen molar-refractivity contribution >= 4 is 20.7 Å². The van der Waals surface area contributed by atoms with Crippen molar-refractivity contribution in [3.05, 3.63) is 24.3 Å². The van der Waals surface area contributed by atoms with Crippen molar-refractivity contribution in [3.8, 4) is 0 Å². The second kappa shape index (κ2) is 1.18. The first-order valence-corrected chi connectivity index (χ1v) is 4.02. The molecular formula is C4H4BNSe. The van der Waals surface area contributed by atoms with Crippen LogP contribution in [-0.2, 0) is 0 Å². The van der Waals surface area contributed by atoms with Crippen LogP contribution in [0.2, 0.25) is 0 Å². The van der Waals surface area contributed by atoms with Gasteiger partial charge in [-0.05, 0) is 0 Å². The van der Waals surface area contributed by atoms with E-state index in [9.17, 15) is 0 Å². The summed E-state index contributed by atoms with van der Waals surface area (Å²) < 4.78 is 2.35. The SMILES string of the molecule is C1=CB2[Se]N2C=C1. The summed E-state index contributed by atoms with van der Waals surface area (Å²) >= 11 is 0.781. The Morgan fingerprint density at radius 1 is 1.43 bits per heavy atom. The molecule has 1 nitrogen and oxygen atoms in total. The van der Waals surface area contributed by atoms with E-state index in [0.29, 0.717) is 0 Å². The normalized spacial score (nSPS) is 22.9. The van der Waals surface area contributed by atoms with E-state index in [2.05, 4.69) is 28.2 Å². The maximum absolute atomic E-state index is 2.35. The van der Waals surface area contributed by atoms with Gasteiger partial charge in [-0.1, -0.05) is 0 Å². The zero-order valence-corrected chi connectivity index (χ0v) is 5.46. The van der Waals surface area contributed by atoms with E-state index in [-0.39, 0.29) is 0 Å². The van der Waals surface area contributed by atoms with Gasteiger partial charge in [0.15, 0.2) is 0 Å². The van der Waals surface area contributed by atoms with Gasteiger partial charge in [-0.2, -0.15) is 0 Å². The van der Waals surface area contributed by atoms with Crippen LogP contribution < -0.4 is 0 Å². The Bertz CT molecular complexity index is 127. The van der Waals surface area contributed by atoms with E-state index in [1.807, 2.05) is 0 Å². The molecule has 0 aromatic carbocycles. The molecule has 2 heterocycles. The molecule has 0 unspecified atom stereocenters. The molecule has 2 rings (SSSR count). The third-order valence-electron chi connectivity index (χ3n) is 1.05. The Morgan fingerprint density at radius 3 is 3.00 bits per heavy atom. The van der Waals surface area contributed by atoms with Gasteiger partial charge in [-0.3, -0.25) is 0 Å². The molecule has 0 aliphatic carbocycles. The molecular weight excluding hydrogens is 152 g/mol. The summed E-state index contributed by atoms with van der Waals surface area (Å²) in [5.41, 5.74) is 0.831. The van der Waals surface area contributed by atoms with Crippen molar-refractivity contribution in [2.45, 2.75) is 0 Å². The summed E-state index contributed by atoms with van der Waals surface area (Å²) in [6.45, 7) is 0. The third-order valence-corrected chi connectivity index (χ3v) is 3.10. The average Bonchev–Trinajstić information content (AvgIpc) is 2.41. The van der Waals surface area contributed by atoms with Gasteiger partial charge in [0.05, 0.1) is 0 Å². The van der Waals surface area contributed by atoms with Gasteiger partial charge in [0, 0.05) is 0 Å². The van der Waals surface area contributed by atoms with Crippen molar-refractivity contribution < 1.29 is 0 Å². The second-order valence-electron chi connectivity index (χ2n) is 1.58. The van der Waals surface area contributed by atoms with Crippen LogP contribution in [0.5, 0.6) is 0 Å². The molecule has 2 aliphatic rings. The van der Waals surface area contributed by atoms with Crippen LogP contribution in [-0.4, -0.2) is 24.5 Å². The molecule has 0 amide bonds. The molecule has 1 fully saturated rings. The minimum absolute atomic E-state index is 0.781.